The molecule has 0 saturated heterocycles. The number of nitrogens with zero attached hydrogens (tertiary/aromatic N) is 1. The smallest absolute Gasteiger partial charge is 0.0697 e. The summed E-state index contributed by atoms with van der Waals surface area (Å²) in [6, 6.07) is 18.2. The van der Waals surface area contributed by atoms with Gasteiger partial charge in [-0.05, 0) is 81.2 Å². The Bertz CT molecular complexity index is 824. The van der Waals surface area contributed by atoms with E-state index in [0.29, 0.717) is 6.04 Å². The predicted octanol–water partition coefficient (Wildman–Crippen LogP) is 8.55. The zero-order chi connectivity index (χ0) is 22.6. The lowest BCUT2D eigenvalue weighted by atomic mass is 9.82. The van der Waals surface area contributed by atoms with E-state index in [2.05, 4.69) is 67.3 Å². The number of hydrogen-bond donors (Lipinski definition) is 0. The fourth-order valence-corrected chi connectivity index (χ4v) is 6.79. The van der Waals surface area contributed by atoms with Gasteiger partial charge in [-0.1, -0.05) is 74.2 Å². The van der Waals surface area contributed by atoms with E-state index in [1.54, 1.807) is 0 Å². The largest absolute Gasteiger partial charge is 0.297 e. The van der Waals surface area contributed by atoms with Crippen molar-refractivity contribution in [1.29, 1.82) is 0 Å². The van der Waals surface area contributed by atoms with E-state index in [1.807, 2.05) is 0 Å². The Balaban J connectivity index is 1.56. The summed E-state index contributed by atoms with van der Waals surface area (Å²) in [4.78, 5) is 2.20. The van der Waals surface area contributed by atoms with E-state index >= 15 is 0 Å². The Morgan fingerprint density at radius 2 is 1.31 bits per heavy atom. The quantitative estimate of drug-likeness (QED) is 0.331. The summed E-state index contributed by atoms with van der Waals surface area (Å²) in [5, 5.41) is 0. The third kappa shape index (κ3) is 5.37. The first-order chi connectivity index (χ1) is 15.4. The van der Waals surface area contributed by atoms with E-state index < -0.39 is 0 Å². The summed E-state index contributed by atoms with van der Waals surface area (Å²) < 4.78 is 0. The van der Waals surface area contributed by atoms with Crippen LogP contribution in [0.15, 0.2) is 48.5 Å². The second kappa shape index (κ2) is 10.5. The summed E-state index contributed by atoms with van der Waals surface area (Å²) in [6.07, 6.45) is 11.5. The molecule has 0 aliphatic heterocycles. The lowest BCUT2D eigenvalue weighted by Gasteiger charge is -2.32. The molecule has 0 heterocycles. The van der Waals surface area contributed by atoms with Crippen LogP contribution in [0, 0.1) is 0 Å². The average Bonchev–Trinajstić information content (AvgIpc) is 3.43. The van der Waals surface area contributed by atoms with E-state index in [1.165, 1.54) is 47.9 Å². The van der Waals surface area contributed by atoms with Crippen molar-refractivity contribution in [2.75, 3.05) is 6.54 Å². The fraction of sp³-hybridized carbons (Fsp3) is 0.586. The molecule has 2 aliphatic carbocycles. The maximum absolute atomic E-state index is 7.27. The monoisotopic (exact) mass is 471 g/mol. The SMILES string of the molecule is CC(C)N(CCCc1c(C2(Cl)CCCC2)cccc1C1(Cl)CCCC1)Cc1ccccc1. The van der Waals surface area contributed by atoms with Crippen LogP contribution in [0.5, 0.6) is 0 Å². The molecule has 4 rings (SSSR count). The topological polar surface area (TPSA) is 3.24 Å². The van der Waals surface area contributed by atoms with Gasteiger partial charge in [-0.15, -0.1) is 23.2 Å². The van der Waals surface area contributed by atoms with E-state index in [-0.39, 0.29) is 9.75 Å². The minimum Gasteiger partial charge on any atom is -0.297 e. The van der Waals surface area contributed by atoms with Crippen molar-refractivity contribution < 1.29 is 0 Å². The molecule has 0 aromatic heterocycles. The van der Waals surface area contributed by atoms with E-state index in [9.17, 15) is 0 Å². The highest BCUT2D eigenvalue weighted by atomic mass is 35.5. The summed E-state index contributed by atoms with van der Waals surface area (Å²) >= 11 is 14.5. The van der Waals surface area contributed by atoms with Crippen molar-refractivity contribution in [1.82, 2.24) is 4.90 Å². The minimum absolute atomic E-state index is 0.195. The molecule has 3 heteroatoms. The lowest BCUT2D eigenvalue weighted by molar-refractivity contribution is 0.210. The second-order valence-corrected chi connectivity index (χ2v) is 11.8. The highest BCUT2D eigenvalue weighted by Crippen LogP contribution is 2.51. The molecule has 174 valence electrons. The van der Waals surface area contributed by atoms with Crippen molar-refractivity contribution in [3.05, 3.63) is 70.8 Å². The highest BCUT2D eigenvalue weighted by Gasteiger charge is 2.40. The molecule has 32 heavy (non-hydrogen) atoms. The van der Waals surface area contributed by atoms with Gasteiger partial charge in [0, 0.05) is 12.6 Å². The average molecular weight is 473 g/mol. The first kappa shape index (κ1) is 24.1. The van der Waals surface area contributed by atoms with Gasteiger partial charge in [0.2, 0.25) is 0 Å². The van der Waals surface area contributed by atoms with Crippen LogP contribution >= 0.6 is 23.2 Å². The molecule has 0 radical (unpaired) electrons. The van der Waals surface area contributed by atoms with Crippen LogP contribution in [0.25, 0.3) is 0 Å². The third-order valence-electron chi connectivity index (χ3n) is 7.76. The predicted molar refractivity (Wildman–Crippen MR) is 139 cm³/mol. The van der Waals surface area contributed by atoms with Crippen LogP contribution < -0.4 is 0 Å². The van der Waals surface area contributed by atoms with Crippen molar-refractivity contribution in [2.45, 2.75) is 100 Å². The van der Waals surface area contributed by atoms with Gasteiger partial charge in [-0.3, -0.25) is 4.90 Å². The number of rotatable bonds is 9. The number of alkyl halides is 2. The van der Waals surface area contributed by atoms with Gasteiger partial charge in [0.25, 0.3) is 0 Å². The Labute approximate surface area is 205 Å². The third-order valence-corrected chi connectivity index (χ3v) is 8.93. The molecule has 0 N–H and O–H groups in total. The maximum Gasteiger partial charge on any atom is 0.0697 e. The molecule has 2 fully saturated rings. The first-order valence-corrected chi connectivity index (χ1v) is 13.5. The summed E-state index contributed by atoms with van der Waals surface area (Å²) in [5.41, 5.74) is 5.60. The van der Waals surface area contributed by atoms with Gasteiger partial charge in [-0.2, -0.15) is 0 Å². The fourth-order valence-electron chi connectivity index (χ4n) is 5.90. The molecule has 2 aliphatic rings. The number of benzene rings is 2. The van der Waals surface area contributed by atoms with Crippen LogP contribution in [0.2, 0.25) is 0 Å². The Kier molecular flexibility index (Phi) is 7.91. The number of hydrogen-bond acceptors (Lipinski definition) is 1. The standard InChI is InChI=1S/C29H39Cl2N/c1-23(2)32(22-24-12-4-3-5-13-24)21-11-14-25-26(28(30)17-6-7-18-28)15-10-16-27(25)29(31)19-8-9-20-29/h3-5,10,12-13,15-16,23H,6-9,11,14,17-22H2,1-2H3. The zero-order valence-electron chi connectivity index (χ0n) is 19.9. The minimum atomic E-state index is -0.195. The van der Waals surface area contributed by atoms with Crippen molar-refractivity contribution in [3.63, 3.8) is 0 Å². The van der Waals surface area contributed by atoms with Crippen LogP contribution in [0.4, 0.5) is 0 Å². The van der Waals surface area contributed by atoms with Gasteiger partial charge in [-0.25, -0.2) is 0 Å². The van der Waals surface area contributed by atoms with Gasteiger partial charge in [0.15, 0.2) is 0 Å². The molecule has 0 amide bonds. The van der Waals surface area contributed by atoms with Gasteiger partial charge in [0.05, 0.1) is 9.75 Å². The van der Waals surface area contributed by atoms with Gasteiger partial charge in [0.1, 0.15) is 0 Å². The highest BCUT2D eigenvalue weighted by molar-refractivity contribution is 6.25. The Hall–Kier alpha value is -1.02. The van der Waals surface area contributed by atoms with Crippen LogP contribution in [0.3, 0.4) is 0 Å². The molecule has 1 nitrogen and oxygen atoms in total. The molecule has 0 bridgehead atoms. The summed E-state index contributed by atoms with van der Waals surface area (Å²) in [5.74, 6) is 0. The molecule has 2 aromatic carbocycles. The van der Waals surface area contributed by atoms with Gasteiger partial charge >= 0.3 is 0 Å². The second-order valence-electron chi connectivity index (χ2n) is 10.3. The summed E-state index contributed by atoms with van der Waals surface area (Å²) in [6.45, 7) is 6.71. The number of halogens is 2. The lowest BCUT2D eigenvalue weighted by Crippen LogP contribution is -2.32. The molecule has 0 atom stereocenters. The van der Waals surface area contributed by atoms with E-state index in [0.717, 1.165) is 51.6 Å². The van der Waals surface area contributed by atoms with Crippen molar-refractivity contribution in [2.24, 2.45) is 0 Å². The Morgan fingerprint density at radius 1 is 0.781 bits per heavy atom. The normalized spacial score (nSPS) is 19.8. The zero-order valence-corrected chi connectivity index (χ0v) is 21.4. The van der Waals surface area contributed by atoms with E-state index in [4.69, 9.17) is 23.2 Å². The Morgan fingerprint density at radius 3 is 1.81 bits per heavy atom. The van der Waals surface area contributed by atoms with Crippen LogP contribution in [0.1, 0.15) is 93.9 Å². The first-order valence-electron chi connectivity index (χ1n) is 12.7. The molecule has 2 saturated carbocycles. The van der Waals surface area contributed by atoms with Crippen molar-refractivity contribution in [3.8, 4) is 0 Å². The molecular formula is C29H39Cl2N. The van der Waals surface area contributed by atoms with Crippen molar-refractivity contribution >= 4 is 23.2 Å². The van der Waals surface area contributed by atoms with Crippen LogP contribution in [-0.2, 0) is 22.7 Å². The molecule has 2 aromatic rings. The van der Waals surface area contributed by atoms with Crippen LogP contribution in [-0.4, -0.2) is 17.5 Å². The van der Waals surface area contributed by atoms with Gasteiger partial charge < -0.3 is 0 Å². The molecular weight excluding hydrogens is 433 g/mol. The molecule has 0 spiro atoms. The molecule has 0 unspecified atom stereocenters. The summed E-state index contributed by atoms with van der Waals surface area (Å²) in [7, 11) is 0. The maximum atomic E-state index is 7.27.